The molecule has 3 amide bonds. The molecule has 3 atom stereocenters. The lowest BCUT2D eigenvalue weighted by molar-refractivity contribution is -0.867. The number of allylic oxidation sites excluding steroid dienone is 1. The Morgan fingerprint density at radius 3 is 2.04 bits per heavy atom. The number of amides is 3. The van der Waals surface area contributed by atoms with E-state index in [1.165, 1.54) is 0 Å². The smallest absolute Gasteiger partial charge is 0.326 e. The van der Waals surface area contributed by atoms with Gasteiger partial charge in [0.1, 0.15) is 42.7 Å². The van der Waals surface area contributed by atoms with Gasteiger partial charge in [-0.2, -0.15) is 4.59 Å². The van der Waals surface area contributed by atoms with Gasteiger partial charge in [0.15, 0.2) is 6.23 Å². The summed E-state index contributed by atoms with van der Waals surface area (Å²) in [5.74, 6) is -0.714. The van der Waals surface area contributed by atoms with Crippen molar-refractivity contribution in [3.05, 3.63) is 11.9 Å². The molecule has 4 N–H and O–H groups in total. The summed E-state index contributed by atoms with van der Waals surface area (Å²) in [7, 11) is 1.78. The Labute approximate surface area is 296 Å². The van der Waals surface area contributed by atoms with Gasteiger partial charge in [-0.25, -0.2) is 14.0 Å². The number of ketones is 2. The van der Waals surface area contributed by atoms with Crippen molar-refractivity contribution in [3.8, 4) is 0 Å². The van der Waals surface area contributed by atoms with E-state index in [4.69, 9.17) is 9.84 Å². The number of aliphatic carboxylic acids is 1. The molecule has 0 bridgehead atoms. The number of nitrogens with one attached hydrogen (secondary N) is 3. The maximum Gasteiger partial charge on any atom is 0.326 e. The first-order valence-electron chi connectivity index (χ1n) is 18.3. The van der Waals surface area contributed by atoms with E-state index in [2.05, 4.69) is 26.3 Å². The normalized spacial score (nSPS) is 16.3. The number of urea groups is 1. The molecule has 50 heavy (non-hydrogen) atoms. The summed E-state index contributed by atoms with van der Waals surface area (Å²) < 4.78 is 17.6. The number of hydrogen-bond acceptors (Lipinski definition) is 9. The molecule has 1 aliphatic rings. The largest absolute Gasteiger partial charge is 0.480 e. The lowest BCUT2D eigenvalue weighted by Crippen LogP contribution is -2.49. The standard InChI is InChI=1S/C35H59FN6O8/c1-3-15-31(34(47)48)38-35(49)39-33(50-27-43)20-13-14-24-37-32(46)19-12-8-7-11-17-29(44)16-9-5-4-6-10-18-30(45)22-21-28-26-42(2,25-23-36)41-40-28/h26-27,31,33H,3-25H2,1-2H3,(H3-,37,38,39,46,47,48,49)/p+1/t31-,33+,42?/m0/s1/i36-1. The van der Waals surface area contributed by atoms with Crippen LogP contribution in [0.4, 0.5) is 9.18 Å². The molecule has 1 heterocycles. The molecule has 15 heteroatoms. The van der Waals surface area contributed by atoms with Crippen molar-refractivity contribution < 1.29 is 47.6 Å². The van der Waals surface area contributed by atoms with E-state index >= 15 is 0 Å². The third kappa shape index (κ3) is 22.1. The van der Waals surface area contributed by atoms with Crippen LogP contribution in [0.25, 0.3) is 0 Å². The highest BCUT2D eigenvalue weighted by Crippen LogP contribution is 2.23. The Hall–Kier alpha value is -3.75. The van der Waals surface area contributed by atoms with E-state index in [9.17, 15) is 33.2 Å². The van der Waals surface area contributed by atoms with Crippen molar-refractivity contribution in [1.29, 1.82) is 0 Å². The first-order valence-corrected chi connectivity index (χ1v) is 18.3. The van der Waals surface area contributed by atoms with Crippen LogP contribution in [0.2, 0.25) is 0 Å². The van der Waals surface area contributed by atoms with Crippen LogP contribution in [0.3, 0.4) is 0 Å². The Kier molecular flexibility index (Phi) is 23.9. The van der Waals surface area contributed by atoms with Crippen LogP contribution in [0.1, 0.15) is 135 Å². The maximum atomic E-state index is 12.6. The number of Topliss-reactive ketones (excluding diaryl/α,β-unsaturated/α-hetero) is 2. The number of rotatable bonds is 32. The van der Waals surface area contributed by atoms with Crippen LogP contribution >= 0.6 is 0 Å². The molecule has 1 unspecified atom stereocenters. The fourth-order valence-electron chi connectivity index (χ4n) is 5.49. The van der Waals surface area contributed by atoms with Crippen LogP contribution in [0, 0.1) is 0 Å². The monoisotopic (exact) mass is 710 g/mol. The van der Waals surface area contributed by atoms with E-state index in [-0.39, 0.29) is 41.5 Å². The number of quaternary nitrogens is 1. The van der Waals surface area contributed by atoms with Crippen molar-refractivity contribution >= 4 is 35.9 Å². The predicted molar refractivity (Wildman–Crippen MR) is 185 cm³/mol. The SMILES string of the molecule is CCC[C@H](NC(=O)N[C@@H](CCCCNC(=O)CCCCCCC(=O)CCCCCCCC(=O)CCC1=C[N+](C)(CC[18F])N=N1)OC=O)C(=O)O. The second-order valence-corrected chi connectivity index (χ2v) is 13.1. The molecule has 0 saturated heterocycles. The fourth-order valence-corrected chi connectivity index (χ4v) is 5.49. The summed E-state index contributed by atoms with van der Waals surface area (Å²) in [6, 6.07) is -1.76. The second-order valence-electron chi connectivity index (χ2n) is 13.1. The van der Waals surface area contributed by atoms with Gasteiger partial charge in [-0.15, -0.1) is 0 Å². The minimum atomic E-state index is -1.14. The lowest BCUT2D eigenvalue weighted by atomic mass is 10.0. The third-order valence-electron chi connectivity index (χ3n) is 8.43. The van der Waals surface area contributed by atoms with Crippen LogP contribution in [0.15, 0.2) is 22.2 Å². The molecule has 1 rings (SSSR count). The molecule has 0 aromatic carbocycles. The maximum absolute atomic E-state index is 12.6. The van der Waals surface area contributed by atoms with Gasteiger partial charge < -0.3 is 25.8 Å². The van der Waals surface area contributed by atoms with E-state index in [1.807, 2.05) is 0 Å². The summed E-state index contributed by atoms with van der Waals surface area (Å²) in [5.41, 5.74) is 0.740. The molecule has 0 saturated carbocycles. The molecule has 0 fully saturated rings. The highest BCUT2D eigenvalue weighted by atomic mass is 18.2. The molecular formula is C35H60FN6O8+. The van der Waals surface area contributed by atoms with Crippen molar-refractivity contribution in [2.24, 2.45) is 10.3 Å². The van der Waals surface area contributed by atoms with Crippen molar-refractivity contribution in [2.45, 2.75) is 148 Å². The third-order valence-corrected chi connectivity index (χ3v) is 8.43. The summed E-state index contributed by atoms with van der Waals surface area (Å²) >= 11 is 0. The first-order chi connectivity index (χ1) is 24.0. The quantitative estimate of drug-likeness (QED) is 0.0285. The van der Waals surface area contributed by atoms with Gasteiger partial charge in [-0.3, -0.25) is 19.2 Å². The van der Waals surface area contributed by atoms with Gasteiger partial charge in [0, 0.05) is 56.7 Å². The lowest BCUT2D eigenvalue weighted by Gasteiger charge is -2.19. The number of hydrogen-bond donors (Lipinski definition) is 4. The van der Waals surface area contributed by atoms with Gasteiger partial charge >= 0.3 is 12.0 Å². The highest BCUT2D eigenvalue weighted by molar-refractivity contribution is 5.82. The Morgan fingerprint density at radius 1 is 0.860 bits per heavy atom. The Balaban J connectivity index is 1.98. The average molecular weight is 711 g/mol. The Bertz CT molecular complexity index is 1120. The first kappa shape index (κ1) is 44.3. The summed E-state index contributed by atoms with van der Waals surface area (Å²) in [4.78, 5) is 70.6. The zero-order chi connectivity index (χ0) is 37.0. The number of halogens is 1. The highest BCUT2D eigenvalue weighted by Gasteiger charge is 2.26. The van der Waals surface area contributed by atoms with Crippen molar-refractivity contribution in [1.82, 2.24) is 16.0 Å². The minimum Gasteiger partial charge on any atom is -0.480 e. The topological polar surface area (TPSA) is 193 Å². The van der Waals surface area contributed by atoms with Crippen molar-refractivity contribution in [3.63, 3.8) is 0 Å². The number of unbranched alkanes of at least 4 members (excludes halogenated alkanes) is 8. The second kappa shape index (κ2) is 27.0. The van der Waals surface area contributed by atoms with E-state index in [1.54, 1.807) is 20.2 Å². The van der Waals surface area contributed by atoms with E-state index in [0.29, 0.717) is 70.8 Å². The fraction of sp³-hybridized carbons (Fsp3) is 0.771. The molecule has 0 radical (unpaired) electrons. The summed E-state index contributed by atoms with van der Waals surface area (Å²) in [5, 5.41) is 24.9. The predicted octanol–water partition coefficient (Wildman–Crippen LogP) is 5.95. The van der Waals surface area contributed by atoms with Crippen molar-refractivity contribution in [2.75, 3.05) is 26.8 Å². The number of carboxylic acids is 1. The average Bonchev–Trinajstić information content (AvgIpc) is 3.44. The molecular weight excluding hydrogens is 650 g/mol. The van der Waals surface area contributed by atoms with Gasteiger partial charge in [0.25, 0.3) is 6.47 Å². The molecule has 0 aliphatic carbocycles. The van der Waals surface area contributed by atoms with Crippen LogP contribution < -0.4 is 16.0 Å². The number of ether oxygens (including phenoxy) is 1. The zero-order valence-electron chi connectivity index (χ0n) is 30.1. The van der Waals surface area contributed by atoms with Gasteiger partial charge in [-0.05, 0) is 44.9 Å². The minimum absolute atomic E-state index is 0.0497. The van der Waals surface area contributed by atoms with Gasteiger partial charge in [0.05, 0.1) is 7.05 Å². The Morgan fingerprint density at radius 2 is 1.46 bits per heavy atom. The number of nitrogens with zero attached hydrogens (tertiary/aromatic N) is 3. The van der Waals surface area contributed by atoms with Crippen LogP contribution in [0.5, 0.6) is 0 Å². The molecule has 0 aromatic heterocycles. The summed E-state index contributed by atoms with van der Waals surface area (Å²) in [6.45, 7) is 2.24. The van der Waals surface area contributed by atoms with E-state index in [0.717, 1.165) is 63.5 Å². The molecule has 0 spiro atoms. The number of carboxylic acid groups (broad SMARTS) is 1. The molecule has 1 aliphatic heterocycles. The van der Waals surface area contributed by atoms with Gasteiger partial charge in [0.2, 0.25) is 5.91 Å². The number of carbonyl (C=O) groups excluding carboxylic acids is 5. The zero-order valence-corrected chi connectivity index (χ0v) is 30.1. The number of carbonyl (C=O) groups is 6. The summed E-state index contributed by atoms with van der Waals surface area (Å²) in [6.07, 6.45) is 14.3. The number of alkyl halides is 1. The molecule has 0 aromatic rings. The molecule has 284 valence electrons. The molecule has 14 nitrogen and oxygen atoms in total. The van der Waals surface area contributed by atoms with Gasteiger partial charge in [-0.1, -0.05) is 50.6 Å². The van der Waals surface area contributed by atoms with Crippen LogP contribution in [-0.4, -0.2) is 84.7 Å². The van der Waals surface area contributed by atoms with Crippen LogP contribution in [-0.2, 0) is 28.7 Å². The van der Waals surface area contributed by atoms with E-state index < -0.39 is 30.9 Å².